The van der Waals surface area contributed by atoms with E-state index in [0.717, 1.165) is 68.8 Å². The third-order valence-corrected chi connectivity index (χ3v) is 6.16. The van der Waals surface area contributed by atoms with Gasteiger partial charge in [-0.25, -0.2) is 10.1 Å². The van der Waals surface area contributed by atoms with E-state index in [0.29, 0.717) is 23.0 Å². The lowest BCUT2D eigenvalue weighted by molar-refractivity contribution is 0.838. The Balaban J connectivity index is 1.39. The molecule has 2 aliphatic rings. The summed E-state index contributed by atoms with van der Waals surface area (Å²) < 4.78 is 1.71. The Morgan fingerprint density at radius 2 is 1.50 bits per heavy atom. The second-order valence-corrected chi connectivity index (χ2v) is 8.41. The zero-order valence-electron chi connectivity index (χ0n) is 18.1. The van der Waals surface area contributed by atoms with Gasteiger partial charge in [-0.3, -0.25) is 0 Å². The number of aryl methyl sites for hydroxylation is 1. The molecule has 2 saturated heterocycles. The number of hydrogen-bond acceptors (Lipinski definition) is 8. The van der Waals surface area contributed by atoms with E-state index in [4.69, 9.17) is 16.6 Å². The first-order chi connectivity index (χ1) is 15.7. The second-order valence-electron chi connectivity index (χ2n) is 8.05. The van der Waals surface area contributed by atoms with Crippen molar-refractivity contribution < 1.29 is 0 Å². The molecule has 1 N–H and O–H groups in total. The summed E-state index contributed by atoms with van der Waals surface area (Å²) in [5.74, 6) is 1.86. The summed E-state index contributed by atoms with van der Waals surface area (Å²) in [5, 5.41) is 9.43. The molecule has 5 rings (SSSR count). The van der Waals surface area contributed by atoms with Crippen molar-refractivity contribution >= 4 is 35.7 Å². The molecule has 0 atom stereocenters. The molecular weight excluding hydrogens is 426 g/mol. The van der Waals surface area contributed by atoms with Crippen molar-refractivity contribution in [2.45, 2.75) is 32.6 Å². The molecule has 0 amide bonds. The molecule has 0 radical (unpaired) electrons. The van der Waals surface area contributed by atoms with Crippen molar-refractivity contribution in [2.75, 3.05) is 41.4 Å². The first kappa shape index (κ1) is 20.7. The normalized spacial score (nSPS) is 16.4. The highest BCUT2D eigenvalue weighted by atomic mass is 35.5. The molecule has 32 heavy (non-hydrogen) atoms. The molecule has 0 saturated carbocycles. The third-order valence-electron chi connectivity index (χ3n) is 5.80. The van der Waals surface area contributed by atoms with Crippen LogP contribution in [0.15, 0.2) is 35.4 Å². The maximum absolute atomic E-state index is 6.60. The van der Waals surface area contributed by atoms with Crippen LogP contribution in [0.5, 0.6) is 0 Å². The fraction of sp³-hybridized carbons (Fsp3) is 0.409. The molecule has 3 aromatic rings. The summed E-state index contributed by atoms with van der Waals surface area (Å²) in [7, 11) is 0. The van der Waals surface area contributed by atoms with Crippen LogP contribution in [-0.2, 0) is 0 Å². The summed E-state index contributed by atoms with van der Waals surface area (Å²) in [6, 6.07) is 9.79. The number of halogens is 1. The van der Waals surface area contributed by atoms with Crippen LogP contribution in [0.4, 0.5) is 17.8 Å². The first-order valence-electron chi connectivity index (χ1n) is 11.0. The lowest BCUT2D eigenvalue weighted by atomic mass is 10.3. The molecule has 10 heteroatoms. The highest BCUT2D eigenvalue weighted by Crippen LogP contribution is 2.24. The number of para-hydroxylation sites is 1. The Morgan fingerprint density at radius 1 is 0.906 bits per heavy atom. The Morgan fingerprint density at radius 3 is 2.09 bits per heavy atom. The lowest BCUT2D eigenvalue weighted by Gasteiger charge is -2.20. The van der Waals surface area contributed by atoms with Crippen LogP contribution in [0.25, 0.3) is 5.69 Å². The summed E-state index contributed by atoms with van der Waals surface area (Å²) in [6.07, 6.45) is 6.31. The molecule has 166 valence electrons. The minimum absolute atomic E-state index is 0.435. The van der Waals surface area contributed by atoms with Gasteiger partial charge in [0.05, 0.1) is 23.2 Å². The van der Waals surface area contributed by atoms with Gasteiger partial charge in [-0.05, 0) is 44.7 Å². The van der Waals surface area contributed by atoms with E-state index in [1.165, 1.54) is 0 Å². The SMILES string of the molecule is Cc1nn(-c2ccccc2)c(Cl)c1/C=N/Nc1nc(N2CCCC2)nc(N2CCCC2)n1. The van der Waals surface area contributed by atoms with Gasteiger partial charge in [0.1, 0.15) is 5.15 Å². The lowest BCUT2D eigenvalue weighted by Crippen LogP contribution is -2.25. The van der Waals surface area contributed by atoms with Crippen LogP contribution < -0.4 is 15.2 Å². The third kappa shape index (κ3) is 4.25. The largest absolute Gasteiger partial charge is 0.341 e. The Bertz CT molecular complexity index is 1070. The highest BCUT2D eigenvalue weighted by molar-refractivity contribution is 6.32. The number of nitrogens with zero attached hydrogens (tertiary/aromatic N) is 8. The van der Waals surface area contributed by atoms with E-state index in [9.17, 15) is 0 Å². The summed E-state index contributed by atoms with van der Waals surface area (Å²) >= 11 is 6.60. The van der Waals surface area contributed by atoms with Crippen molar-refractivity contribution in [3.63, 3.8) is 0 Å². The number of aromatic nitrogens is 5. The van der Waals surface area contributed by atoms with Crippen molar-refractivity contribution in [2.24, 2.45) is 5.10 Å². The van der Waals surface area contributed by atoms with Crippen LogP contribution in [0.1, 0.15) is 36.9 Å². The minimum Gasteiger partial charge on any atom is -0.341 e. The van der Waals surface area contributed by atoms with Crippen LogP contribution >= 0.6 is 11.6 Å². The maximum Gasteiger partial charge on any atom is 0.250 e. The van der Waals surface area contributed by atoms with E-state index in [-0.39, 0.29) is 0 Å². The Kier molecular flexibility index (Phi) is 5.89. The predicted octanol–water partition coefficient (Wildman–Crippen LogP) is 3.67. The van der Waals surface area contributed by atoms with Gasteiger partial charge < -0.3 is 9.80 Å². The molecule has 0 spiro atoms. The monoisotopic (exact) mass is 451 g/mol. The molecule has 2 aliphatic heterocycles. The number of benzene rings is 1. The second kappa shape index (κ2) is 9.12. The Hall–Kier alpha value is -3.20. The van der Waals surface area contributed by atoms with Gasteiger partial charge in [-0.15, -0.1) is 0 Å². The molecule has 2 aromatic heterocycles. The number of anilines is 3. The van der Waals surface area contributed by atoms with Crippen LogP contribution in [0.2, 0.25) is 5.15 Å². The summed E-state index contributed by atoms with van der Waals surface area (Å²) in [5.41, 5.74) is 5.42. The van der Waals surface area contributed by atoms with Gasteiger partial charge in [0.15, 0.2) is 0 Å². The molecule has 1 aromatic carbocycles. The first-order valence-corrected chi connectivity index (χ1v) is 11.4. The molecule has 4 heterocycles. The average molecular weight is 452 g/mol. The van der Waals surface area contributed by atoms with Crippen LogP contribution in [0, 0.1) is 6.92 Å². The summed E-state index contributed by atoms with van der Waals surface area (Å²) in [4.78, 5) is 18.4. The van der Waals surface area contributed by atoms with E-state index >= 15 is 0 Å². The summed E-state index contributed by atoms with van der Waals surface area (Å²) in [6.45, 7) is 5.80. The van der Waals surface area contributed by atoms with Crippen LogP contribution in [0.3, 0.4) is 0 Å². The molecule has 0 aliphatic carbocycles. The van der Waals surface area contributed by atoms with Gasteiger partial charge >= 0.3 is 0 Å². The fourth-order valence-corrected chi connectivity index (χ4v) is 4.39. The number of rotatable bonds is 6. The average Bonchev–Trinajstić information content (AvgIpc) is 3.58. The molecular formula is C22H26ClN9. The van der Waals surface area contributed by atoms with E-state index < -0.39 is 0 Å². The van der Waals surface area contributed by atoms with Gasteiger partial charge in [-0.2, -0.15) is 25.2 Å². The minimum atomic E-state index is 0.435. The van der Waals surface area contributed by atoms with Crippen molar-refractivity contribution in [3.05, 3.63) is 46.7 Å². The van der Waals surface area contributed by atoms with Gasteiger partial charge in [0, 0.05) is 26.2 Å². The number of nitrogens with one attached hydrogen (secondary N) is 1. The van der Waals surface area contributed by atoms with E-state index in [1.54, 1.807) is 10.9 Å². The van der Waals surface area contributed by atoms with Crippen molar-refractivity contribution in [3.8, 4) is 5.69 Å². The van der Waals surface area contributed by atoms with E-state index in [1.807, 2.05) is 37.3 Å². The standard InChI is InChI=1S/C22H26ClN9/c1-16-18(19(23)32(29-16)17-9-3-2-4-10-17)15-24-28-20-25-21(30-11-5-6-12-30)27-22(26-20)31-13-7-8-14-31/h2-4,9-10,15H,5-8,11-14H2,1H3,(H,25,26,27,28)/b24-15+. The van der Waals surface area contributed by atoms with E-state index in [2.05, 4.69) is 35.4 Å². The quantitative estimate of drug-likeness (QED) is 0.452. The number of hydrogen-bond donors (Lipinski definition) is 1. The zero-order valence-corrected chi connectivity index (χ0v) is 18.8. The zero-order chi connectivity index (χ0) is 21.9. The van der Waals surface area contributed by atoms with Gasteiger partial charge in [-0.1, -0.05) is 29.8 Å². The van der Waals surface area contributed by atoms with Gasteiger partial charge in [0.2, 0.25) is 17.8 Å². The maximum atomic E-state index is 6.60. The topological polar surface area (TPSA) is 87.4 Å². The van der Waals surface area contributed by atoms with Gasteiger partial charge in [0.25, 0.3) is 0 Å². The Labute approximate surface area is 192 Å². The van der Waals surface area contributed by atoms with Crippen LogP contribution in [-0.4, -0.2) is 57.1 Å². The molecule has 2 fully saturated rings. The number of hydrazone groups is 1. The fourth-order valence-electron chi connectivity index (χ4n) is 4.07. The van der Waals surface area contributed by atoms with Crippen molar-refractivity contribution in [1.29, 1.82) is 0 Å². The predicted molar refractivity (Wildman–Crippen MR) is 127 cm³/mol. The smallest absolute Gasteiger partial charge is 0.250 e. The molecule has 0 unspecified atom stereocenters. The van der Waals surface area contributed by atoms with Crippen molar-refractivity contribution in [1.82, 2.24) is 24.7 Å². The highest BCUT2D eigenvalue weighted by Gasteiger charge is 2.21. The molecule has 9 nitrogen and oxygen atoms in total. The molecule has 0 bridgehead atoms.